The topological polar surface area (TPSA) is 110 Å². The van der Waals surface area contributed by atoms with Gasteiger partial charge in [0, 0.05) is 11.8 Å². The number of rotatable bonds is 4. The van der Waals surface area contributed by atoms with Crippen LogP contribution in [0.4, 0.5) is 5.69 Å². The summed E-state index contributed by atoms with van der Waals surface area (Å²) in [6.07, 6.45) is 0. The maximum absolute atomic E-state index is 12.6. The minimum Gasteiger partial charge on any atom is -0.466 e. The highest BCUT2D eigenvalue weighted by molar-refractivity contribution is 6.04. The number of carbonyl (C=O) groups excluding carboxylic acids is 3. The van der Waals surface area contributed by atoms with E-state index in [0.717, 1.165) is 0 Å². The third kappa shape index (κ3) is 3.60. The molecule has 0 unspecified atom stereocenters. The third-order valence-electron chi connectivity index (χ3n) is 4.87. The first-order valence-electron chi connectivity index (χ1n) is 9.44. The largest absolute Gasteiger partial charge is 0.466 e. The van der Waals surface area contributed by atoms with Crippen molar-refractivity contribution < 1.29 is 42.8 Å². The molecule has 2 aliphatic rings. The van der Waals surface area contributed by atoms with E-state index in [1.807, 2.05) is 0 Å². The first kappa shape index (κ1) is 21.2. The number of nitrogens with zero attached hydrogens (tertiary/aromatic N) is 1. The number of methoxy groups -OCH3 is 3. The molecule has 2 aliphatic heterocycles. The van der Waals surface area contributed by atoms with Gasteiger partial charge in [0.05, 0.1) is 33.5 Å². The van der Waals surface area contributed by atoms with Gasteiger partial charge in [0.15, 0.2) is 23.0 Å². The Bertz CT molecular complexity index is 1140. The molecule has 2 heterocycles. The molecule has 0 saturated carbocycles. The van der Waals surface area contributed by atoms with Crippen LogP contribution in [0.15, 0.2) is 47.7 Å². The Balaban J connectivity index is 1.88. The van der Waals surface area contributed by atoms with E-state index >= 15 is 0 Å². The predicted octanol–water partition coefficient (Wildman–Crippen LogP) is 2.77. The zero-order valence-corrected chi connectivity index (χ0v) is 17.5. The van der Waals surface area contributed by atoms with Gasteiger partial charge in [-0.3, -0.25) is 0 Å². The van der Waals surface area contributed by atoms with E-state index in [2.05, 4.69) is 0 Å². The van der Waals surface area contributed by atoms with Gasteiger partial charge >= 0.3 is 17.9 Å². The van der Waals surface area contributed by atoms with Crippen LogP contribution >= 0.6 is 0 Å². The Morgan fingerprint density at radius 1 is 0.844 bits per heavy atom. The maximum Gasteiger partial charge on any atom is 0.355 e. The van der Waals surface area contributed by atoms with Crippen LogP contribution in [0.3, 0.4) is 0 Å². The minimum atomic E-state index is -0.770. The van der Waals surface area contributed by atoms with E-state index in [4.69, 9.17) is 28.4 Å². The predicted molar refractivity (Wildman–Crippen MR) is 109 cm³/mol. The van der Waals surface area contributed by atoms with E-state index in [1.165, 1.54) is 32.3 Å². The molecule has 0 saturated heterocycles. The highest BCUT2D eigenvalue weighted by Gasteiger charge is 2.35. The fourth-order valence-electron chi connectivity index (χ4n) is 3.38. The molecule has 0 aromatic heterocycles. The number of hydrogen-bond acceptors (Lipinski definition) is 10. The summed E-state index contributed by atoms with van der Waals surface area (Å²) in [7, 11) is 3.62. The summed E-state index contributed by atoms with van der Waals surface area (Å²) in [5, 5.41) is 0. The molecule has 2 aromatic carbocycles. The van der Waals surface area contributed by atoms with Gasteiger partial charge in [-0.1, -0.05) is 12.1 Å². The van der Waals surface area contributed by atoms with Gasteiger partial charge in [0.2, 0.25) is 0 Å². The van der Waals surface area contributed by atoms with Crippen molar-refractivity contribution in [2.24, 2.45) is 0 Å². The molecule has 166 valence electrons. The fourth-order valence-corrected chi connectivity index (χ4v) is 3.38. The lowest BCUT2D eigenvalue weighted by molar-refractivity contribution is -0.140. The quantitative estimate of drug-likeness (QED) is 0.443. The van der Waals surface area contributed by atoms with Crippen LogP contribution in [0, 0.1) is 0 Å². The van der Waals surface area contributed by atoms with Crippen molar-refractivity contribution in [2.75, 3.05) is 39.6 Å². The van der Waals surface area contributed by atoms with Crippen LogP contribution in [0.2, 0.25) is 0 Å². The molecule has 0 spiro atoms. The second-order valence-electron chi connectivity index (χ2n) is 6.68. The zero-order chi connectivity index (χ0) is 22.8. The van der Waals surface area contributed by atoms with Gasteiger partial charge in [-0.25, -0.2) is 14.4 Å². The molecular formula is C22H19NO9. The Hall–Kier alpha value is -4.05. The van der Waals surface area contributed by atoms with Crippen molar-refractivity contribution >= 4 is 23.6 Å². The smallest absolute Gasteiger partial charge is 0.355 e. The molecule has 0 N–H and O–H groups in total. The molecule has 0 atom stereocenters. The number of hydrogen-bond donors (Lipinski definition) is 0. The molecule has 0 fully saturated rings. The molecule has 4 rings (SSSR count). The number of esters is 3. The highest BCUT2D eigenvalue weighted by Crippen LogP contribution is 2.49. The maximum atomic E-state index is 12.6. The molecule has 0 radical (unpaired) electrons. The van der Waals surface area contributed by atoms with Gasteiger partial charge in [-0.2, -0.15) is 0 Å². The number of carbonyl (C=O) groups is 3. The van der Waals surface area contributed by atoms with Crippen LogP contribution in [-0.4, -0.2) is 52.6 Å². The van der Waals surface area contributed by atoms with Gasteiger partial charge in [0.25, 0.3) is 0 Å². The summed E-state index contributed by atoms with van der Waals surface area (Å²) in [5.74, 6) is -0.932. The minimum absolute atomic E-state index is 0.0227. The van der Waals surface area contributed by atoms with Crippen LogP contribution in [0.25, 0.3) is 0 Å². The second-order valence-corrected chi connectivity index (χ2v) is 6.68. The molecule has 10 heteroatoms. The third-order valence-corrected chi connectivity index (χ3v) is 4.87. The van der Waals surface area contributed by atoms with Crippen molar-refractivity contribution in [1.29, 1.82) is 0 Å². The van der Waals surface area contributed by atoms with E-state index in [1.54, 1.807) is 30.3 Å². The normalized spacial score (nSPS) is 14.4. The highest BCUT2D eigenvalue weighted by atomic mass is 16.6. The van der Waals surface area contributed by atoms with E-state index < -0.39 is 17.9 Å². The molecule has 0 amide bonds. The monoisotopic (exact) mass is 441 g/mol. The number of fused-ring (bicyclic) bond motifs is 2. The number of benzene rings is 2. The molecule has 2 aromatic rings. The molecule has 32 heavy (non-hydrogen) atoms. The van der Waals surface area contributed by atoms with Gasteiger partial charge < -0.3 is 33.3 Å². The number of anilines is 1. The Labute approximate surface area is 182 Å². The van der Waals surface area contributed by atoms with Crippen molar-refractivity contribution in [2.45, 2.75) is 0 Å². The summed E-state index contributed by atoms with van der Waals surface area (Å²) in [4.78, 5) is 38.8. The van der Waals surface area contributed by atoms with Gasteiger partial charge in [-0.15, -0.1) is 0 Å². The summed E-state index contributed by atoms with van der Waals surface area (Å²) in [6, 6.07) is 9.97. The summed E-state index contributed by atoms with van der Waals surface area (Å²) < 4.78 is 31.9. The van der Waals surface area contributed by atoms with Crippen LogP contribution < -0.4 is 14.4 Å². The molecule has 0 aliphatic carbocycles. The van der Waals surface area contributed by atoms with Gasteiger partial charge in [0.1, 0.15) is 18.0 Å². The van der Waals surface area contributed by atoms with Crippen LogP contribution in [0.1, 0.15) is 10.4 Å². The standard InChI is InChI=1S/C22H19NO9/c1-27-20(24)13-8-12(9-17-19(13)32-16-7-5-4-6-15(16)31-17)23-11-30-10-14(21(25)28-2)18(23)22(26)29-3/h4-9H,10-11H2,1-3H3. The van der Waals surface area contributed by atoms with Crippen molar-refractivity contribution in [1.82, 2.24) is 0 Å². The van der Waals surface area contributed by atoms with Gasteiger partial charge in [-0.05, 0) is 18.2 Å². The first-order chi connectivity index (χ1) is 15.5. The average Bonchev–Trinajstić information content (AvgIpc) is 2.84. The van der Waals surface area contributed by atoms with Crippen molar-refractivity contribution in [3.8, 4) is 23.0 Å². The molecule has 0 bridgehead atoms. The lowest BCUT2D eigenvalue weighted by Crippen LogP contribution is -2.39. The van der Waals surface area contributed by atoms with E-state index in [9.17, 15) is 14.4 Å². The fraction of sp³-hybridized carbons (Fsp3) is 0.227. The van der Waals surface area contributed by atoms with E-state index in [0.29, 0.717) is 17.2 Å². The summed E-state index contributed by atoms with van der Waals surface area (Å²) in [5.41, 5.74) is 0.279. The van der Waals surface area contributed by atoms with Crippen LogP contribution in [-0.2, 0) is 28.5 Å². The lowest BCUT2D eigenvalue weighted by atomic mass is 10.1. The van der Waals surface area contributed by atoms with Crippen molar-refractivity contribution in [3.05, 3.63) is 53.2 Å². The lowest BCUT2D eigenvalue weighted by Gasteiger charge is -2.32. The molecular weight excluding hydrogens is 422 g/mol. The first-order valence-corrected chi connectivity index (χ1v) is 9.44. The Morgan fingerprint density at radius 3 is 2.16 bits per heavy atom. The SMILES string of the molecule is COC(=O)C1=C(C(=O)OC)N(c2cc3c(c(C(=O)OC)c2)Oc2ccccc2O3)COC1. The van der Waals surface area contributed by atoms with Crippen LogP contribution in [0.5, 0.6) is 23.0 Å². The van der Waals surface area contributed by atoms with Crippen molar-refractivity contribution in [3.63, 3.8) is 0 Å². The number of para-hydroxylation sites is 2. The summed E-state index contributed by atoms with van der Waals surface area (Å²) >= 11 is 0. The number of ether oxygens (including phenoxy) is 6. The Morgan fingerprint density at radius 2 is 1.50 bits per heavy atom. The van der Waals surface area contributed by atoms with E-state index in [-0.39, 0.29) is 41.7 Å². The summed E-state index contributed by atoms with van der Waals surface area (Å²) in [6.45, 7) is -0.239. The average molecular weight is 441 g/mol. The second kappa shape index (κ2) is 8.60. The Kier molecular flexibility index (Phi) is 5.69. The molecule has 10 nitrogen and oxygen atoms in total. The zero-order valence-electron chi connectivity index (χ0n) is 17.5.